The standard InChI is InChI=1S/C22H22F3N/c1-16(20-13-5-10-18-9-2-3-12-21(18)20)26-14-6-8-17-7-4-11-19(15-17)22(23,24)25/h2-5,7,9-13,15-16,26H,6,8,14H2,1H3/t16-/m1/s1/i4D,7D,8D2,11D,14D2,15D,16D. The zero-order chi connectivity index (χ0) is 26.6. The largest absolute Gasteiger partial charge is 0.416 e. The molecule has 0 unspecified atom stereocenters. The van der Waals surface area contributed by atoms with Crippen LogP contribution in [0.5, 0.6) is 0 Å². The summed E-state index contributed by atoms with van der Waals surface area (Å²) in [6.45, 7) is -1.33. The number of alkyl halides is 3. The van der Waals surface area contributed by atoms with Crippen LogP contribution < -0.4 is 5.32 Å². The monoisotopic (exact) mass is 366 g/mol. The van der Waals surface area contributed by atoms with Gasteiger partial charge in [0.2, 0.25) is 0 Å². The quantitative estimate of drug-likeness (QED) is 0.552. The van der Waals surface area contributed by atoms with Crippen molar-refractivity contribution in [3.8, 4) is 0 Å². The minimum atomic E-state index is -5.24. The number of halogens is 3. The molecule has 0 heterocycles. The lowest BCUT2D eigenvalue weighted by molar-refractivity contribution is -0.137. The van der Waals surface area contributed by atoms with Crippen molar-refractivity contribution in [3.05, 3.63) is 83.3 Å². The minimum absolute atomic E-state index is 0.383. The Morgan fingerprint density at radius 2 is 1.92 bits per heavy atom. The van der Waals surface area contributed by atoms with Crippen molar-refractivity contribution in [2.75, 3.05) is 6.50 Å². The average molecular weight is 366 g/mol. The molecule has 4 heteroatoms. The van der Waals surface area contributed by atoms with E-state index >= 15 is 0 Å². The lowest BCUT2D eigenvalue weighted by Crippen LogP contribution is -2.20. The van der Waals surface area contributed by atoms with Gasteiger partial charge in [0.1, 0.15) is 0 Å². The first-order valence-electron chi connectivity index (χ1n) is 12.3. The van der Waals surface area contributed by atoms with Crippen molar-refractivity contribution in [2.24, 2.45) is 0 Å². The Kier molecular flexibility index (Phi) is 3.08. The zero-order valence-electron chi connectivity index (χ0n) is 22.9. The topological polar surface area (TPSA) is 12.0 Å². The Morgan fingerprint density at radius 3 is 2.73 bits per heavy atom. The van der Waals surface area contributed by atoms with E-state index in [9.17, 15) is 13.2 Å². The molecule has 3 aromatic rings. The minimum Gasteiger partial charge on any atom is -0.310 e. The molecule has 3 rings (SSSR count). The van der Waals surface area contributed by atoms with Crippen LogP contribution >= 0.6 is 0 Å². The Morgan fingerprint density at radius 1 is 1.15 bits per heavy atom. The Bertz CT molecular complexity index is 1270. The second-order valence-corrected chi connectivity index (χ2v) is 5.55. The molecular formula is C22H22F3N. The Balaban J connectivity index is 2.02. The summed E-state index contributed by atoms with van der Waals surface area (Å²) < 4.78 is 113. The second-order valence-electron chi connectivity index (χ2n) is 5.55. The van der Waals surface area contributed by atoms with E-state index in [0.717, 1.165) is 5.39 Å². The van der Waals surface area contributed by atoms with Gasteiger partial charge in [0.25, 0.3) is 0 Å². The van der Waals surface area contributed by atoms with Crippen LogP contribution in [-0.4, -0.2) is 6.50 Å². The smallest absolute Gasteiger partial charge is 0.310 e. The van der Waals surface area contributed by atoms with Gasteiger partial charge in [-0.25, -0.2) is 0 Å². The van der Waals surface area contributed by atoms with Crippen LogP contribution in [0.4, 0.5) is 13.2 Å². The maximum Gasteiger partial charge on any atom is 0.416 e. The van der Waals surface area contributed by atoms with Crippen LogP contribution in [0.3, 0.4) is 0 Å². The molecule has 1 N–H and O–H groups in total. The molecule has 0 aromatic heterocycles. The van der Waals surface area contributed by atoms with Crippen LogP contribution in [0.15, 0.2) is 66.6 Å². The molecule has 0 aliphatic rings. The number of rotatable bonds is 6. The van der Waals surface area contributed by atoms with E-state index in [1.54, 1.807) is 42.5 Å². The predicted octanol–water partition coefficient (Wildman–Crippen LogP) is 6.14. The number of benzene rings is 3. The van der Waals surface area contributed by atoms with E-state index in [2.05, 4.69) is 5.32 Å². The molecule has 0 bridgehead atoms. The first-order chi connectivity index (χ1) is 15.9. The Hall–Kier alpha value is -2.33. The average Bonchev–Trinajstić information content (AvgIpc) is 2.68. The van der Waals surface area contributed by atoms with Crippen molar-refractivity contribution in [1.29, 1.82) is 0 Å². The van der Waals surface area contributed by atoms with E-state index in [0.29, 0.717) is 10.9 Å². The fourth-order valence-corrected chi connectivity index (χ4v) is 2.50. The van der Waals surface area contributed by atoms with Crippen molar-refractivity contribution in [1.82, 2.24) is 5.32 Å². The van der Waals surface area contributed by atoms with Gasteiger partial charge >= 0.3 is 6.18 Å². The molecule has 1 atom stereocenters. The van der Waals surface area contributed by atoms with Gasteiger partial charge in [-0.3, -0.25) is 0 Å². The SMILES string of the molecule is [2H]c1c([2H])c(C(F)(F)F)c([2H])c(C([2H])([2H])CC([2H])([2H])N[C@]([2H])(C)c2cccc3ccccc23)c1[2H]. The van der Waals surface area contributed by atoms with Gasteiger partial charge in [0, 0.05) is 11.5 Å². The molecule has 0 aliphatic heterocycles. The summed E-state index contributed by atoms with van der Waals surface area (Å²) in [6.07, 6.45) is -9.41. The summed E-state index contributed by atoms with van der Waals surface area (Å²) in [5.74, 6) is 0. The number of hydrogen-bond donors (Lipinski definition) is 1. The highest BCUT2D eigenvalue weighted by Gasteiger charge is 2.30. The van der Waals surface area contributed by atoms with E-state index in [-0.39, 0.29) is 0 Å². The third-order valence-corrected chi connectivity index (χ3v) is 3.73. The van der Waals surface area contributed by atoms with Gasteiger partial charge in [-0.15, -0.1) is 0 Å². The van der Waals surface area contributed by atoms with Crippen LogP contribution in [0.25, 0.3) is 10.8 Å². The van der Waals surface area contributed by atoms with Gasteiger partial charge in [-0.05, 0) is 54.2 Å². The highest BCUT2D eigenvalue weighted by Crippen LogP contribution is 2.29. The summed E-state index contributed by atoms with van der Waals surface area (Å²) >= 11 is 0. The van der Waals surface area contributed by atoms with E-state index < -0.39 is 66.8 Å². The molecule has 1 nitrogen and oxygen atoms in total. The maximum atomic E-state index is 13.4. The number of nitrogens with one attached hydrogen (secondary N) is 1. The fraction of sp³-hybridized carbons (Fsp3) is 0.273. The molecule has 0 amide bonds. The lowest BCUT2D eigenvalue weighted by atomic mass is 9.99. The molecule has 3 aromatic carbocycles. The van der Waals surface area contributed by atoms with Crippen LogP contribution in [0.2, 0.25) is 0 Å². The van der Waals surface area contributed by atoms with Gasteiger partial charge in [0.05, 0.1) is 12.4 Å². The molecule has 0 saturated heterocycles. The van der Waals surface area contributed by atoms with Crippen molar-refractivity contribution < 1.29 is 25.5 Å². The molecule has 0 fully saturated rings. The number of fused-ring (bicyclic) bond motifs is 1. The summed E-state index contributed by atoms with van der Waals surface area (Å²) in [5, 5.41) is 3.85. The first-order valence-corrected chi connectivity index (χ1v) is 7.85. The maximum absolute atomic E-state index is 13.4. The van der Waals surface area contributed by atoms with E-state index in [4.69, 9.17) is 12.3 Å². The molecule has 26 heavy (non-hydrogen) atoms. The third kappa shape index (κ3) is 4.44. The van der Waals surface area contributed by atoms with Crippen molar-refractivity contribution >= 4 is 10.8 Å². The highest BCUT2D eigenvalue weighted by atomic mass is 19.4. The summed E-state index contributed by atoms with van der Waals surface area (Å²) in [4.78, 5) is 0. The number of hydrogen-bond acceptors (Lipinski definition) is 1. The zero-order valence-corrected chi connectivity index (χ0v) is 13.9. The summed E-state index contributed by atoms with van der Waals surface area (Å²) in [6, 6.07) is 5.19. The van der Waals surface area contributed by atoms with Crippen molar-refractivity contribution in [3.63, 3.8) is 0 Å². The van der Waals surface area contributed by atoms with E-state index in [1.165, 1.54) is 6.92 Å². The Labute approximate surface area is 164 Å². The molecule has 0 radical (unpaired) electrons. The fourth-order valence-electron chi connectivity index (χ4n) is 2.50. The van der Waals surface area contributed by atoms with Gasteiger partial charge in [-0.1, -0.05) is 60.6 Å². The molecule has 0 spiro atoms. The normalized spacial score (nSPS) is 20.4. The van der Waals surface area contributed by atoms with Gasteiger partial charge < -0.3 is 5.32 Å². The van der Waals surface area contributed by atoms with Crippen LogP contribution in [0.1, 0.15) is 48.4 Å². The molecule has 0 saturated carbocycles. The predicted molar refractivity (Wildman–Crippen MR) is 100 cm³/mol. The summed E-state index contributed by atoms with van der Waals surface area (Å²) in [7, 11) is 0. The first kappa shape index (κ1) is 10.1. The van der Waals surface area contributed by atoms with Crippen molar-refractivity contribution in [2.45, 2.75) is 31.9 Å². The molecule has 136 valence electrons. The third-order valence-electron chi connectivity index (χ3n) is 3.73. The van der Waals surface area contributed by atoms with Crippen LogP contribution in [-0.2, 0) is 12.5 Å². The van der Waals surface area contributed by atoms with Gasteiger partial charge in [0.15, 0.2) is 0 Å². The van der Waals surface area contributed by atoms with Gasteiger partial charge in [-0.2, -0.15) is 13.2 Å². The van der Waals surface area contributed by atoms with Crippen LogP contribution in [0, 0.1) is 0 Å². The molecular weight excluding hydrogens is 335 g/mol. The highest BCUT2D eigenvalue weighted by molar-refractivity contribution is 5.86. The van der Waals surface area contributed by atoms with E-state index in [1.807, 2.05) is 0 Å². The second kappa shape index (κ2) is 7.92. The lowest BCUT2D eigenvalue weighted by Gasteiger charge is -2.17. The molecule has 0 aliphatic carbocycles. The summed E-state index contributed by atoms with van der Waals surface area (Å²) in [5.41, 5.74) is -2.60.